The summed E-state index contributed by atoms with van der Waals surface area (Å²) >= 11 is 6.04. The summed E-state index contributed by atoms with van der Waals surface area (Å²) < 4.78 is 39.6. The van der Waals surface area contributed by atoms with Crippen molar-refractivity contribution in [1.29, 1.82) is 0 Å². The van der Waals surface area contributed by atoms with Crippen LogP contribution in [0.3, 0.4) is 0 Å². The van der Waals surface area contributed by atoms with Gasteiger partial charge in [-0.25, -0.2) is 13.6 Å². The van der Waals surface area contributed by atoms with E-state index >= 15 is 0 Å². The van der Waals surface area contributed by atoms with Crippen LogP contribution in [0.4, 0.5) is 19.3 Å². The number of nitrogens with one attached hydrogen (secondary N) is 1. The SMILES string of the molecule is COc1ccccc1NC(=O)N1CCN(C[C@H](OCc2c(F)cccc2F)c2ccc(Cl)cc2)CC1. The summed E-state index contributed by atoms with van der Waals surface area (Å²) in [5.74, 6) is -0.683. The zero-order chi connectivity index (χ0) is 25.5. The molecule has 1 aliphatic heterocycles. The highest BCUT2D eigenvalue weighted by Crippen LogP contribution is 2.26. The van der Waals surface area contributed by atoms with E-state index in [0.717, 1.165) is 5.56 Å². The Hall–Kier alpha value is -3.20. The number of anilines is 1. The van der Waals surface area contributed by atoms with Gasteiger partial charge in [0.25, 0.3) is 0 Å². The lowest BCUT2D eigenvalue weighted by molar-refractivity contribution is 0.00376. The first kappa shape index (κ1) is 25.9. The minimum atomic E-state index is -0.639. The van der Waals surface area contributed by atoms with Gasteiger partial charge in [0.1, 0.15) is 17.4 Å². The highest BCUT2D eigenvalue weighted by molar-refractivity contribution is 6.30. The summed E-state index contributed by atoms with van der Waals surface area (Å²) in [6.07, 6.45) is -0.435. The van der Waals surface area contributed by atoms with Gasteiger partial charge in [-0.1, -0.05) is 41.9 Å². The number of piperazine rings is 1. The molecule has 4 rings (SSSR count). The number of urea groups is 1. The number of ether oxygens (including phenoxy) is 2. The van der Waals surface area contributed by atoms with E-state index in [1.165, 1.54) is 18.2 Å². The number of rotatable bonds is 8. The first-order valence-corrected chi connectivity index (χ1v) is 12.0. The fraction of sp³-hybridized carbons (Fsp3) is 0.296. The van der Waals surface area contributed by atoms with E-state index in [4.69, 9.17) is 21.1 Å². The van der Waals surface area contributed by atoms with Crippen molar-refractivity contribution in [3.05, 3.63) is 94.5 Å². The van der Waals surface area contributed by atoms with Gasteiger partial charge in [-0.05, 0) is 42.0 Å². The van der Waals surface area contributed by atoms with Gasteiger partial charge in [0.2, 0.25) is 0 Å². The van der Waals surface area contributed by atoms with Crippen molar-refractivity contribution in [2.45, 2.75) is 12.7 Å². The second-order valence-corrected chi connectivity index (χ2v) is 8.91. The molecule has 36 heavy (non-hydrogen) atoms. The maximum atomic E-state index is 14.1. The molecule has 1 N–H and O–H groups in total. The summed E-state index contributed by atoms with van der Waals surface area (Å²) in [5.41, 5.74) is 1.37. The highest BCUT2D eigenvalue weighted by atomic mass is 35.5. The predicted molar refractivity (Wildman–Crippen MR) is 135 cm³/mol. The van der Waals surface area contributed by atoms with E-state index in [1.54, 1.807) is 36.3 Å². The van der Waals surface area contributed by atoms with Crippen LogP contribution in [-0.2, 0) is 11.3 Å². The van der Waals surface area contributed by atoms with E-state index in [1.807, 2.05) is 24.3 Å². The molecule has 1 fully saturated rings. The Morgan fingerprint density at radius 1 is 0.972 bits per heavy atom. The van der Waals surface area contributed by atoms with Gasteiger partial charge in [0.15, 0.2) is 0 Å². The van der Waals surface area contributed by atoms with Gasteiger partial charge in [0.05, 0.1) is 25.5 Å². The van der Waals surface area contributed by atoms with Crippen LogP contribution in [0.2, 0.25) is 5.02 Å². The lowest BCUT2D eigenvalue weighted by atomic mass is 10.1. The number of hydrogen-bond donors (Lipinski definition) is 1. The number of benzene rings is 3. The number of nitrogens with zero attached hydrogens (tertiary/aromatic N) is 2. The third kappa shape index (κ3) is 6.51. The van der Waals surface area contributed by atoms with Crippen molar-refractivity contribution in [1.82, 2.24) is 9.80 Å². The largest absolute Gasteiger partial charge is 0.495 e. The van der Waals surface area contributed by atoms with Crippen molar-refractivity contribution < 1.29 is 23.0 Å². The molecule has 0 aliphatic carbocycles. The van der Waals surface area contributed by atoms with E-state index < -0.39 is 17.7 Å². The van der Waals surface area contributed by atoms with Gasteiger partial charge in [0, 0.05) is 43.3 Å². The van der Waals surface area contributed by atoms with Gasteiger partial charge < -0.3 is 19.7 Å². The fourth-order valence-corrected chi connectivity index (χ4v) is 4.22. The smallest absolute Gasteiger partial charge is 0.322 e. The molecule has 9 heteroatoms. The van der Waals surface area contributed by atoms with Crippen LogP contribution < -0.4 is 10.1 Å². The highest BCUT2D eigenvalue weighted by Gasteiger charge is 2.25. The Balaban J connectivity index is 1.38. The third-order valence-corrected chi connectivity index (χ3v) is 6.42. The summed E-state index contributed by atoms with van der Waals surface area (Å²) in [6, 6.07) is 18.0. The minimum absolute atomic E-state index is 0.103. The second-order valence-electron chi connectivity index (χ2n) is 8.47. The molecule has 1 atom stereocenters. The molecule has 0 unspecified atom stereocenters. The molecular formula is C27H28ClF2N3O3. The molecule has 2 amide bonds. The molecule has 0 bridgehead atoms. The van der Waals surface area contributed by atoms with Crippen molar-refractivity contribution in [3.8, 4) is 5.75 Å². The van der Waals surface area contributed by atoms with Crippen LogP contribution in [0.25, 0.3) is 0 Å². The lowest BCUT2D eigenvalue weighted by Gasteiger charge is -2.36. The number of amides is 2. The molecule has 190 valence electrons. The zero-order valence-electron chi connectivity index (χ0n) is 19.9. The van der Waals surface area contributed by atoms with Crippen LogP contribution in [0.1, 0.15) is 17.2 Å². The van der Waals surface area contributed by atoms with Crippen LogP contribution in [0, 0.1) is 11.6 Å². The van der Waals surface area contributed by atoms with E-state index in [0.29, 0.717) is 49.2 Å². The van der Waals surface area contributed by atoms with Crippen molar-refractivity contribution in [3.63, 3.8) is 0 Å². The Labute approximate surface area is 214 Å². The van der Waals surface area contributed by atoms with Crippen LogP contribution in [0.5, 0.6) is 5.75 Å². The molecular weight excluding hydrogens is 488 g/mol. The van der Waals surface area contributed by atoms with Gasteiger partial charge in [-0.3, -0.25) is 4.90 Å². The van der Waals surface area contributed by atoms with Gasteiger partial charge >= 0.3 is 6.03 Å². The fourth-order valence-electron chi connectivity index (χ4n) is 4.10. The summed E-state index contributed by atoms with van der Waals surface area (Å²) in [6.45, 7) is 2.60. The monoisotopic (exact) mass is 515 g/mol. The quantitative estimate of drug-likeness (QED) is 0.416. The Morgan fingerprint density at radius 3 is 2.31 bits per heavy atom. The Kier molecular flexibility index (Phi) is 8.74. The van der Waals surface area contributed by atoms with Crippen LogP contribution in [-0.4, -0.2) is 55.7 Å². The number of para-hydroxylation sites is 2. The lowest BCUT2D eigenvalue weighted by Crippen LogP contribution is -2.50. The minimum Gasteiger partial charge on any atom is -0.495 e. The maximum Gasteiger partial charge on any atom is 0.322 e. The van der Waals surface area contributed by atoms with Crippen molar-refractivity contribution >= 4 is 23.3 Å². The molecule has 3 aromatic rings. The number of carbonyl (C=O) groups excluding carboxylic acids is 1. The Bertz CT molecular complexity index is 1150. The summed E-state index contributed by atoms with van der Waals surface area (Å²) in [7, 11) is 1.56. The second kappa shape index (κ2) is 12.2. The van der Waals surface area contributed by atoms with E-state index in [-0.39, 0.29) is 18.2 Å². The van der Waals surface area contributed by atoms with Crippen molar-refractivity contribution in [2.75, 3.05) is 45.2 Å². The number of methoxy groups -OCH3 is 1. The first-order valence-electron chi connectivity index (χ1n) is 11.7. The molecule has 6 nitrogen and oxygen atoms in total. The average Bonchev–Trinajstić information content (AvgIpc) is 2.89. The number of hydrogen-bond acceptors (Lipinski definition) is 4. The van der Waals surface area contributed by atoms with Crippen LogP contribution in [0.15, 0.2) is 66.7 Å². The molecule has 0 spiro atoms. The molecule has 3 aromatic carbocycles. The molecule has 1 heterocycles. The van der Waals surface area contributed by atoms with Crippen LogP contribution >= 0.6 is 11.6 Å². The van der Waals surface area contributed by atoms with E-state index in [9.17, 15) is 13.6 Å². The molecule has 0 aromatic heterocycles. The molecule has 1 saturated heterocycles. The van der Waals surface area contributed by atoms with Crippen molar-refractivity contribution in [2.24, 2.45) is 0 Å². The molecule has 1 aliphatic rings. The van der Waals surface area contributed by atoms with Gasteiger partial charge in [-0.15, -0.1) is 0 Å². The van der Waals surface area contributed by atoms with E-state index in [2.05, 4.69) is 10.2 Å². The Morgan fingerprint density at radius 2 is 1.64 bits per heavy atom. The normalized spacial score (nSPS) is 14.9. The average molecular weight is 516 g/mol. The summed E-state index contributed by atoms with van der Waals surface area (Å²) in [4.78, 5) is 16.7. The predicted octanol–water partition coefficient (Wildman–Crippen LogP) is 5.73. The number of carbonyl (C=O) groups is 1. The third-order valence-electron chi connectivity index (χ3n) is 6.16. The molecule has 0 radical (unpaired) electrons. The van der Waals surface area contributed by atoms with Gasteiger partial charge in [-0.2, -0.15) is 0 Å². The maximum absolute atomic E-state index is 14.1. The zero-order valence-corrected chi connectivity index (χ0v) is 20.7. The standard InChI is InChI=1S/C27H28ClF2N3O3/c1-35-25-8-3-2-7-24(25)31-27(34)33-15-13-32(14-16-33)17-26(19-9-11-20(28)12-10-19)36-18-21-22(29)5-4-6-23(21)30/h2-12,26H,13-18H2,1H3,(H,31,34)/t26-/m0/s1. The number of halogens is 3. The summed E-state index contributed by atoms with van der Waals surface area (Å²) in [5, 5.41) is 3.49. The molecule has 0 saturated carbocycles. The topological polar surface area (TPSA) is 54.0 Å². The first-order chi connectivity index (χ1) is 17.4.